The van der Waals surface area contributed by atoms with Crippen LogP contribution in [-0.2, 0) is 14.4 Å². The molecule has 3 rings (SSSR count). The van der Waals surface area contributed by atoms with E-state index in [9.17, 15) is 19.5 Å². The largest absolute Gasteiger partial charge is 0.507 e. The monoisotopic (exact) mass is 443 g/mol. The highest BCUT2D eigenvalue weighted by Gasteiger charge is 2.46. The molecule has 0 aromatic heterocycles. The second kappa shape index (κ2) is 7.98. The fraction of sp³-hybridized carbons (Fsp3) is 0.190. The summed E-state index contributed by atoms with van der Waals surface area (Å²) in [7, 11) is 0. The number of hydrogen-bond acceptors (Lipinski definition) is 4. The molecule has 2 N–H and O–H groups in total. The van der Waals surface area contributed by atoms with E-state index in [2.05, 4.69) is 15.9 Å². The van der Waals surface area contributed by atoms with Gasteiger partial charge in [-0.2, -0.15) is 0 Å². The minimum atomic E-state index is -1.07. The van der Waals surface area contributed by atoms with Gasteiger partial charge in [-0.1, -0.05) is 57.9 Å². The van der Waals surface area contributed by atoms with E-state index >= 15 is 0 Å². The lowest BCUT2D eigenvalue weighted by Gasteiger charge is -2.24. The summed E-state index contributed by atoms with van der Waals surface area (Å²) in [6, 6.07) is 13.1. The molecule has 2 aromatic rings. The predicted molar refractivity (Wildman–Crippen MR) is 107 cm³/mol. The van der Waals surface area contributed by atoms with Crippen LogP contribution < -0.4 is 0 Å². The fourth-order valence-electron chi connectivity index (χ4n) is 3.19. The zero-order valence-electron chi connectivity index (χ0n) is 15.1. The number of aryl methyl sites for hydroxylation is 1. The minimum Gasteiger partial charge on any atom is -0.507 e. The molecule has 7 heteroatoms. The smallest absolute Gasteiger partial charge is 0.305 e. The first kappa shape index (κ1) is 19.8. The number of benzene rings is 2. The zero-order valence-corrected chi connectivity index (χ0v) is 16.6. The van der Waals surface area contributed by atoms with Gasteiger partial charge in [-0.05, 0) is 24.6 Å². The number of rotatable bonds is 5. The van der Waals surface area contributed by atoms with Crippen LogP contribution in [0.2, 0.25) is 0 Å². The Morgan fingerprint density at radius 1 is 1.04 bits per heavy atom. The summed E-state index contributed by atoms with van der Waals surface area (Å²) in [5.41, 5.74) is 1.98. The van der Waals surface area contributed by atoms with Crippen molar-refractivity contribution in [2.24, 2.45) is 0 Å². The number of Topliss-reactive ketones (excluding diaryl/α,β-unsaturated/α-hetero) is 1. The van der Waals surface area contributed by atoms with Gasteiger partial charge in [-0.15, -0.1) is 0 Å². The van der Waals surface area contributed by atoms with E-state index in [4.69, 9.17) is 5.11 Å². The van der Waals surface area contributed by atoms with E-state index in [1.165, 1.54) is 4.90 Å². The van der Waals surface area contributed by atoms with Crippen molar-refractivity contribution in [3.8, 4) is 0 Å². The SMILES string of the molecule is Cc1ccc(C(O)=C2C(=O)C(=O)N(CCC(=O)O)[C@@H]2c2ccc(Br)cc2)cc1. The number of aliphatic hydroxyl groups is 1. The van der Waals surface area contributed by atoms with Crippen LogP contribution in [0.15, 0.2) is 58.6 Å². The Bertz CT molecular complexity index is 963. The quantitative estimate of drug-likeness (QED) is 0.417. The van der Waals surface area contributed by atoms with E-state index in [0.717, 1.165) is 10.0 Å². The molecule has 1 atom stereocenters. The molecular formula is C21H18BrNO5. The number of aliphatic hydroxyl groups excluding tert-OH is 1. The molecule has 0 spiro atoms. The lowest BCUT2D eigenvalue weighted by molar-refractivity contribution is -0.142. The molecule has 6 nitrogen and oxygen atoms in total. The summed E-state index contributed by atoms with van der Waals surface area (Å²) in [6.45, 7) is 1.77. The molecular weight excluding hydrogens is 426 g/mol. The number of carbonyl (C=O) groups is 3. The Hall–Kier alpha value is -2.93. The van der Waals surface area contributed by atoms with E-state index < -0.39 is 23.7 Å². The number of hydrogen-bond donors (Lipinski definition) is 2. The molecule has 0 radical (unpaired) electrons. The van der Waals surface area contributed by atoms with E-state index in [1.807, 2.05) is 6.92 Å². The number of carboxylic acid groups (broad SMARTS) is 1. The third-order valence-electron chi connectivity index (χ3n) is 4.62. The highest BCUT2D eigenvalue weighted by molar-refractivity contribution is 9.10. The summed E-state index contributed by atoms with van der Waals surface area (Å²) in [5.74, 6) is -2.99. The summed E-state index contributed by atoms with van der Waals surface area (Å²) >= 11 is 3.34. The van der Waals surface area contributed by atoms with Gasteiger partial charge in [-0.3, -0.25) is 14.4 Å². The van der Waals surface area contributed by atoms with Crippen molar-refractivity contribution in [2.45, 2.75) is 19.4 Å². The normalized spacial score (nSPS) is 18.5. The lowest BCUT2D eigenvalue weighted by atomic mass is 9.95. The molecule has 1 amide bonds. The third kappa shape index (κ3) is 3.84. The maximum absolute atomic E-state index is 12.7. The van der Waals surface area contributed by atoms with Crippen molar-refractivity contribution < 1.29 is 24.6 Å². The highest BCUT2D eigenvalue weighted by Crippen LogP contribution is 2.39. The van der Waals surface area contributed by atoms with E-state index in [1.54, 1.807) is 48.5 Å². The van der Waals surface area contributed by atoms with Gasteiger partial charge in [0.15, 0.2) is 0 Å². The van der Waals surface area contributed by atoms with Crippen LogP contribution in [0.5, 0.6) is 0 Å². The van der Waals surface area contributed by atoms with Gasteiger partial charge in [0.05, 0.1) is 18.0 Å². The average molecular weight is 444 g/mol. The summed E-state index contributed by atoms with van der Waals surface area (Å²) < 4.78 is 0.817. The minimum absolute atomic E-state index is 0.0402. The molecule has 2 aromatic carbocycles. The van der Waals surface area contributed by atoms with Crippen LogP contribution >= 0.6 is 15.9 Å². The van der Waals surface area contributed by atoms with E-state index in [0.29, 0.717) is 11.1 Å². The first-order chi connectivity index (χ1) is 13.3. The van der Waals surface area contributed by atoms with Crippen molar-refractivity contribution in [3.63, 3.8) is 0 Å². The van der Waals surface area contributed by atoms with Gasteiger partial charge in [-0.25, -0.2) is 0 Å². The number of carboxylic acids is 1. The zero-order chi connectivity index (χ0) is 20.4. The number of ketones is 1. The standard InChI is InChI=1S/C21H18BrNO5/c1-12-2-4-14(5-3-12)19(26)17-18(13-6-8-15(22)9-7-13)23(11-10-16(24)25)21(28)20(17)27/h2-9,18,26H,10-11H2,1H3,(H,24,25)/t18-/m1/s1. The Kier molecular flexibility index (Phi) is 5.65. The molecule has 0 bridgehead atoms. The third-order valence-corrected chi connectivity index (χ3v) is 5.15. The number of likely N-dealkylation sites (tertiary alicyclic amines) is 1. The molecule has 1 heterocycles. The molecule has 28 heavy (non-hydrogen) atoms. The fourth-order valence-corrected chi connectivity index (χ4v) is 3.45. The Labute approximate surface area is 170 Å². The van der Waals surface area contributed by atoms with Crippen molar-refractivity contribution in [1.29, 1.82) is 0 Å². The van der Waals surface area contributed by atoms with Crippen LogP contribution in [0.4, 0.5) is 0 Å². The van der Waals surface area contributed by atoms with Crippen LogP contribution in [0.25, 0.3) is 5.76 Å². The first-order valence-corrected chi connectivity index (χ1v) is 9.41. The summed E-state index contributed by atoms with van der Waals surface area (Å²) in [4.78, 5) is 37.5. The molecule has 0 unspecified atom stereocenters. The summed E-state index contributed by atoms with van der Waals surface area (Å²) in [5, 5.41) is 19.8. The number of amides is 1. The Morgan fingerprint density at radius 2 is 1.64 bits per heavy atom. The van der Waals surface area contributed by atoms with Crippen molar-refractivity contribution in [1.82, 2.24) is 4.90 Å². The van der Waals surface area contributed by atoms with Gasteiger partial charge < -0.3 is 15.1 Å². The molecule has 1 fully saturated rings. The van der Waals surface area contributed by atoms with Gasteiger partial charge in [0.2, 0.25) is 0 Å². The maximum atomic E-state index is 12.7. The first-order valence-electron chi connectivity index (χ1n) is 8.62. The van der Waals surface area contributed by atoms with Crippen molar-refractivity contribution in [2.75, 3.05) is 6.54 Å². The Morgan fingerprint density at radius 3 is 2.21 bits per heavy atom. The van der Waals surface area contributed by atoms with Gasteiger partial charge >= 0.3 is 5.97 Å². The molecule has 1 aliphatic heterocycles. The molecule has 1 saturated heterocycles. The van der Waals surface area contributed by atoms with Crippen LogP contribution in [-0.4, -0.2) is 39.3 Å². The van der Waals surface area contributed by atoms with Crippen molar-refractivity contribution in [3.05, 3.63) is 75.3 Å². The topological polar surface area (TPSA) is 94.9 Å². The van der Waals surface area contributed by atoms with Crippen LogP contribution in [0.1, 0.15) is 29.2 Å². The van der Waals surface area contributed by atoms with Gasteiger partial charge in [0, 0.05) is 16.6 Å². The highest BCUT2D eigenvalue weighted by atomic mass is 79.9. The number of nitrogens with zero attached hydrogens (tertiary/aromatic N) is 1. The number of aliphatic carboxylic acids is 1. The van der Waals surface area contributed by atoms with E-state index in [-0.39, 0.29) is 24.3 Å². The van der Waals surface area contributed by atoms with Crippen LogP contribution in [0.3, 0.4) is 0 Å². The van der Waals surface area contributed by atoms with Crippen LogP contribution in [0, 0.1) is 6.92 Å². The average Bonchev–Trinajstić information content (AvgIpc) is 2.91. The maximum Gasteiger partial charge on any atom is 0.305 e. The lowest BCUT2D eigenvalue weighted by Crippen LogP contribution is -2.31. The second-order valence-electron chi connectivity index (χ2n) is 6.55. The Balaban J connectivity index is 2.14. The second-order valence-corrected chi connectivity index (χ2v) is 7.47. The molecule has 144 valence electrons. The molecule has 0 aliphatic carbocycles. The number of halogens is 1. The summed E-state index contributed by atoms with van der Waals surface area (Å²) in [6.07, 6.45) is -0.301. The predicted octanol–water partition coefficient (Wildman–Crippen LogP) is 3.65. The number of carbonyl (C=O) groups excluding carboxylic acids is 2. The molecule has 1 aliphatic rings. The van der Waals surface area contributed by atoms with Crippen molar-refractivity contribution >= 4 is 39.3 Å². The van der Waals surface area contributed by atoms with Gasteiger partial charge in [0.25, 0.3) is 11.7 Å². The molecule has 0 saturated carbocycles. The van der Waals surface area contributed by atoms with Gasteiger partial charge in [0.1, 0.15) is 5.76 Å².